The van der Waals surface area contributed by atoms with Crippen molar-refractivity contribution >= 4 is 0 Å². The average molecular weight is 122 g/mol. The zero-order valence-corrected chi connectivity index (χ0v) is 4.74. The Labute approximate surface area is 41.7 Å². The second-order valence-electron chi connectivity index (χ2n) is 1.25. The Morgan fingerprint density at radius 2 is 1.83 bits per heavy atom. The van der Waals surface area contributed by atoms with Crippen molar-refractivity contribution in [1.82, 2.24) is 3.38 Å². The maximum atomic E-state index is 9.83. The van der Waals surface area contributed by atoms with E-state index in [1.807, 2.05) is 0 Å². The van der Waals surface area contributed by atoms with Gasteiger partial charge in [0.1, 0.15) is 0 Å². The van der Waals surface area contributed by atoms with Crippen molar-refractivity contribution in [2.45, 2.75) is 0 Å². The van der Waals surface area contributed by atoms with Gasteiger partial charge in [0.05, 0.1) is 0 Å². The van der Waals surface area contributed by atoms with E-state index in [9.17, 15) is 6.65 Å². The fraction of sp³-hybridized carbons (Fsp3) is 1.00. The number of rotatable bonds is 1. The van der Waals surface area contributed by atoms with Crippen LogP contribution in [0.5, 0.6) is 0 Å². The molecule has 0 aromatic carbocycles. The van der Waals surface area contributed by atoms with E-state index in [0.29, 0.717) is 0 Å². The fourth-order valence-electron chi connectivity index (χ4n) is 0.233. The minimum atomic E-state index is -3.02. The third kappa shape index (κ3) is 0.866. The van der Waals surface area contributed by atoms with E-state index < -0.39 is 18.1 Å². The summed E-state index contributed by atoms with van der Waals surface area (Å²) in [6, 6.07) is 0. The van der Waals surface area contributed by atoms with E-state index in [1.54, 1.807) is 0 Å². The van der Waals surface area contributed by atoms with Crippen molar-refractivity contribution in [3.8, 4) is 0 Å². The summed E-state index contributed by atoms with van der Waals surface area (Å²) in [6.07, 6.45) is 0. The monoisotopic (exact) mass is 122 g/mol. The molecule has 0 aromatic heterocycles. The Balaban J connectivity index is 2.52. The molecule has 1 saturated heterocycles. The number of hydrogen-bond acceptors (Lipinski definition) is 2. The molecule has 1 fully saturated rings. The topological polar surface area (TPSA) is 37.1 Å². The van der Waals surface area contributed by atoms with Crippen LogP contribution < -0.4 is 0 Å². The minimum absolute atomic E-state index is 0.780. The first-order valence-electron chi connectivity index (χ1n) is 1.76. The van der Waals surface area contributed by atoms with Crippen LogP contribution in [0.2, 0.25) is 0 Å². The predicted octanol–water partition coefficient (Wildman–Crippen LogP) is -0.474. The van der Waals surface area contributed by atoms with Crippen LogP contribution in [0.25, 0.3) is 0 Å². The zero-order chi connectivity index (χ0) is 4.57. The van der Waals surface area contributed by atoms with Crippen LogP contribution in [0.4, 0.5) is 0 Å². The normalized spacial score (nSPS) is 20.7. The molecule has 3 nitrogen and oxygen atoms in total. The molecule has 1 heterocycles. The van der Waals surface area contributed by atoms with Crippen molar-refractivity contribution < 1.29 is 24.7 Å². The van der Waals surface area contributed by atoms with Gasteiger partial charge in [-0.2, -0.15) is 0 Å². The second-order valence-corrected chi connectivity index (χ2v) is 3.07. The second kappa shape index (κ2) is 1.41. The molecular weight excluding hydrogens is 118 g/mol. The number of hydrogen-bond donors (Lipinski definition) is 0. The molecule has 33 valence electrons. The average Bonchev–Trinajstić information content (AvgIpc) is 2.06. The molecule has 0 unspecified atom stereocenters. The summed E-state index contributed by atoms with van der Waals surface area (Å²) in [7, 11) is 0. The standard InChI is InChI=1S/C2H4N.2O.Ti/c1-2-3-1;;;/h1-2H2;;;/q-1;;;+1. The quantitative estimate of drug-likeness (QED) is 0.348. The van der Waals surface area contributed by atoms with E-state index >= 15 is 0 Å². The summed E-state index contributed by atoms with van der Waals surface area (Å²) >= 11 is -3.02. The van der Waals surface area contributed by atoms with Gasteiger partial charge in [-0.3, -0.25) is 0 Å². The van der Waals surface area contributed by atoms with Crippen molar-refractivity contribution in [2.24, 2.45) is 0 Å². The first-order valence-corrected chi connectivity index (χ1v) is 3.74. The van der Waals surface area contributed by atoms with Crippen molar-refractivity contribution in [3.63, 3.8) is 0 Å². The summed E-state index contributed by atoms with van der Waals surface area (Å²) in [5.41, 5.74) is 0. The van der Waals surface area contributed by atoms with Crippen molar-refractivity contribution in [2.75, 3.05) is 13.1 Å². The molecule has 1 aliphatic heterocycles. The van der Waals surface area contributed by atoms with E-state index in [4.69, 9.17) is 0 Å². The molecule has 0 saturated carbocycles. The van der Waals surface area contributed by atoms with Gasteiger partial charge in [0.25, 0.3) is 0 Å². The van der Waals surface area contributed by atoms with E-state index in [1.165, 1.54) is 3.38 Å². The van der Waals surface area contributed by atoms with Gasteiger partial charge in [-0.1, -0.05) is 0 Å². The van der Waals surface area contributed by atoms with Gasteiger partial charge in [-0.15, -0.1) is 0 Å². The molecule has 1 rings (SSSR count). The first kappa shape index (κ1) is 4.43. The van der Waals surface area contributed by atoms with Crippen LogP contribution >= 0.6 is 0 Å². The molecule has 6 heavy (non-hydrogen) atoms. The van der Waals surface area contributed by atoms with Gasteiger partial charge in [-0.25, -0.2) is 0 Å². The van der Waals surface area contributed by atoms with Crippen LogP contribution in [0.15, 0.2) is 0 Å². The van der Waals surface area contributed by atoms with Crippen LogP contribution in [0, 0.1) is 0 Å². The third-order valence-electron chi connectivity index (χ3n) is 0.705. The van der Waals surface area contributed by atoms with Gasteiger partial charge < -0.3 is 0 Å². The molecule has 0 radical (unpaired) electrons. The molecule has 0 spiro atoms. The Morgan fingerprint density at radius 1 is 1.33 bits per heavy atom. The third-order valence-corrected chi connectivity index (χ3v) is 2.21. The molecule has 1 aliphatic rings. The van der Waals surface area contributed by atoms with Gasteiger partial charge in [0, 0.05) is 0 Å². The fourth-order valence-corrected chi connectivity index (χ4v) is 0.959. The van der Waals surface area contributed by atoms with Crippen LogP contribution in [-0.2, 0) is 24.7 Å². The van der Waals surface area contributed by atoms with E-state index in [0.717, 1.165) is 13.1 Å². The molecule has 0 amide bonds. The maximum absolute atomic E-state index is 9.83. The van der Waals surface area contributed by atoms with Gasteiger partial charge >= 0.3 is 41.2 Å². The molecule has 0 bridgehead atoms. The Morgan fingerprint density at radius 3 is 1.83 bits per heavy atom. The molecule has 0 atom stereocenters. The predicted molar refractivity (Wildman–Crippen MR) is 12.9 cm³/mol. The van der Waals surface area contributed by atoms with Crippen molar-refractivity contribution in [3.05, 3.63) is 0 Å². The van der Waals surface area contributed by atoms with Crippen molar-refractivity contribution in [1.29, 1.82) is 0 Å². The summed E-state index contributed by atoms with van der Waals surface area (Å²) < 4.78 is 21.1. The Kier molecular flexibility index (Phi) is 1.04. The van der Waals surface area contributed by atoms with Crippen LogP contribution in [0.1, 0.15) is 0 Å². The summed E-state index contributed by atoms with van der Waals surface area (Å²) in [6.45, 7) is 1.56. The summed E-state index contributed by atoms with van der Waals surface area (Å²) in [4.78, 5) is 0. The van der Waals surface area contributed by atoms with E-state index in [2.05, 4.69) is 0 Å². The molecule has 0 aromatic rings. The molecule has 0 aliphatic carbocycles. The molecule has 0 N–H and O–H groups in total. The van der Waals surface area contributed by atoms with Gasteiger partial charge in [0.15, 0.2) is 0 Å². The zero-order valence-electron chi connectivity index (χ0n) is 3.18. The summed E-state index contributed by atoms with van der Waals surface area (Å²) in [5, 5.41) is 0. The Bertz CT molecular complexity index is 107. The van der Waals surface area contributed by atoms with Crippen LogP contribution in [0.3, 0.4) is 0 Å². The van der Waals surface area contributed by atoms with E-state index in [-0.39, 0.29) is 0 Å². The van der Waals surface area contributed by atoms with Gasteiger partial charge in [-0.05, 0) is 0 Å². The Hall–Kier alpha value is 0.274. The van der Waals surface area contributed by atoms with Crippen LogP contribution in [-0.4, -0.2) is 16.5 Å². The number of nitrogens with zero attached hydrogens (tertiary/aromatic N) is 1. The molecule has 4 heteroatoms. The first-order chi connectivity index (χ1) is 2.80. The molecular formula is C2H4NO2Ti. The summed E-state index contributed by atoms with van der Waals surface area (Å²) in [5.74, 6) is 0. The van der Waals surface area contributed by atoms with Gasteiger partial charge in [0.2, 0.25) is 0 Å². The SMILES string of the molecule is [O]=[Ti](=[O])[N]1CC1.